The summed E-state index contributed by atoms with van der Waals surface area (Å²) in [5.74, 6) is -1.61. The number of hydrogen-bond donors (Lipinski definition) is 2. The Morgan fingerprint density at radius 2 is 1.69 bits per heavy atom. The second-order valence-electron chi connectivity index (χ2n) is 5.38. The van der Waals surface area contributed by atoms with E-state index in [4.69, 9.17) is 0 Å². The first-order valence-corrected chi connectivity index (χ1v) is 8.68. The van der Waals surface area contributed by atoms with Gasteiger partial charge in [0.1, 0.15) is 0 Å². The van der Waals surface area contributed by atoms with Gasteiger partial charge in [0.15, 0.2) is 0 Å². The van der Waals surface area contributed by atoms with Crippen LogP contribution in [0, 0.1) is 22.9 Å². The number of amides is 2. The van der Waals surface area contributed by atoms with Crippen molar-refractivity contribution < 1.29 is 18.9 Å². The van der Waals surface area contributed by atoms with Crippen molar-refractivity contribution in [2.24, 2.45) is 0 Å². The summed E-state index contributed by atoms with van der Waals surface area (Å²) >= 11 is 1.09. The molecule has 0 unspecified atom stereocenters. The maximum atomic E-state index is 13.3. The smallest absolute Gasteiger partial charge is 0.306 e. The van der Waals surface area contributed by atoms with Crippen molar-refractivity contribution in [2.45, 2.75) is 6.92 Å². The number of carbonyl (C=O) groups excluding carboxylic acids is 2. The predicted octanol–water partition coefficient (Wildman–Crippen LogP) is 3.35. The number of hydrogen-bond acceptors (Lipinski definition) is 5. The van der Waals surface area contributed by atoms with Crippen LogP contribution in [0.1, 0.15) is 5.56 Å². The zero-order valence-electron chi connectivity index (χ0n) is 13.8. The number of aryl methyl sites for hydroxylation is 1. The van der Waals surface area contributed by atoms with Crippen LogP contribution < -0.4 is 10.6 Å². The summed E-state index contributed by atoms with van der Waals surface area (Å²) in [5, 5.41) is 15.8. The van der Waals surface area contributed by atoms with Crippen LogP contribution in [-0.2, 0) is 9.59 Å². The Labute approximate surface area is 153 Å². The fraction of sp³-hybridized carbons (Fsp3) is 0.176. The standard InChI is InChI=1S/C17H16FN3O4S/c1-11-3-2-4-12(7-11)19-16(22)9-26-10-17(23)20-13-5-6-14(18)15(8-13)21(24)25/h2-8H,9-10H2,1H3,(H,19,22)(H,20,23). The number of rotatable bonds is 7. The number of halogens is 1. The molecule has 2 N–H and O–H groups in total. The SMILES string of the molecule is Cc1cccc(NC(=O)CSCC(=O)Nc2ccc(F)c([N+](=O)[O-])c2)c1. The molecule has 0 aromatic heterocycles. The average molecular weight is 377 g/mol. The summed E-state index contributed by atoms with van der Waals surface area (Å²) < 4.78 is 13.3. The predicted molar refractivity (Wildman–Crippen MR) is 98.8 cm³/mol. The van der Waals surface area contributed by atoms with Gasteiger partial charge in [0.25, 0.3) is 0 Å². The molecule has 0 aliphatic heterocycles. The number of anilines is 2. The van der Waals surface area contributed by atoms with Gasteiger partial charge in [-0.25, -0.2) is 0 Å². The number of nitro groups is 1. The van der Waals surface area contributed by atoms with Gasteiger partial charge in [0, 0.05) is 17.4 Å². The topological polar surface area (TPSA) is 101 Å². The third kappa shape index (κ3) is 5.85. The molecule has 0 bridgehead atoms. The van der Waals surface area contributed by atoms with E-state index in [0.717, 1.165) is 29.5 Å². The van der Waals surface area contributed by atoms with Crippen LogP contribution in [-0.4, -0.2) is 28.2 Å². The van der Waals surface area contributed by atoms with E-state index in [1.54, 1.807) is 6.07 Å². The molecular formula is C17H16FN3O4S. The minimum absolute atomic E-state index is 0.0214. The Hall–Kier alpha value is -2.94. The first-order valence-electron chi connectivity index (χ1n) is 7.53. The summed E-state index contributed by atoms with van der Waals surface area (Å²) in [5.41, 5.74) is 1.10. The van der Waals surface area contributed by atoms with E-state index >= 15 is 0 Å². The van der Waals surface area contributed by atoms with E-state index < -0.39 is 22.3 Å². The molecular weight excluding hydrogens is 361 g/mol. The van der Waals surface area contributed by atoms with Crippen molar-refractivity contribution in [1.82, 2.24) is 0 Å². The zero-order valence-corrected chi connectivity index (χ0v) is 14.6. The molecule has 2 amide bonds. The Balaban J connectivity index is 1.79. The van der Waals surface area contributed by atoms with E-state index in [1.165, 1.54) is 6.07 Å². The second-order valence-corrected chi connectivity index (χ2v) is 6.37. The molecule has 0 atom stereocenters. The van der Waals surface area contributed by atoms with E-state index in [1.807, 2.05) is 25.1 Å². The number of nitrogens with zero attached hydrogens (tertiary/aromatic N) is 1. The lowest BCUT2D eigenvalue weighted by molar-refractivity contribution is -0.387. The van der Waals surface area contributed by atoms with Gasteiger partial charge in [0.2, 0.25) is 17.6 Å². The zero-order chi connectivity index (χ0) is 19.1. The minimum Gasteiger partial charge on any atom is -0.325 e. The molecule has 26 heavy (non-hydrogen) atoms. The van der Waals surface area contributed by atoms with Crippen LogP contribution in [0.3, 0.4) is 0 Å². The first-order chi connectivity index (χ1) is 12.3. The second kappa shape index (κ2) is 8.95. The Morgan fingerprint density at radius 3 is 2.27 bits per heavy atom. The largest absolute Gasteiger partial charge is 0.325 e. The number of nitro benzene ring substituents is 1. The molecule has 136 valence electrons. The van der Waals surface area contributed by atoms with Crippen molar-refractivity contribution in [3.63, 3.8) is 0 Å². The van der Waals surface area contributed by atoms with Crippen LogP contribution >= 0.6 is 11.8 Å². The van der Waals surface area contributed by atoms with Gasteiger partial charge in [-0.05, 0) is 36.8 Å². The van der Waals surface area contributed by atoms with E-state index in [0.29, 0.717) is 5.69 Å². The molecule has 2 aromatic rings. The molecule has 2 rings (SSSR count). The van der Waals surface area contributed by atoms with Gasteiger partial charge >= 0.3 is 5.69 Å². The van der Waals surface area contributed by atoms with Crippen molar-refractivity contribution in [1.29, 1.82) is 0 Å². The third-order valence-corrected chi connectivity index (χ3v) is 4.13. The van der Waals surface area contributed by atoms with Gasteiger partial charge in [-0.1, -0.05) is 12.1 Å². The molecule has 0 radical (unpaired) electrons. The highest BCUT2D eigenvalue weighted by Gasteiger charge is 2.15. The monoisotopic (exact) mass is 377 g/mol. The Bertz CT molecular complexity index is 845. The molecule has 0 aliphatic rings. The summed E-state index contributed by atoms with van der Waals surface area (Å²) in [7, 11) is 0. The van der Waals surface area contributed by atoms with Gasteiger partial charge in [0.05, 0.1) is 16.4 Å². The third-order valence-electron chi connectivity index (χ3n) is 3.19. The van der Waals surface area contributed by atoms with Crippen LogP contribution in [0.2, 0.25) is 0 Å². The molecule has 9 heteroatoms. The normalized spacial score (nSPS) is 10.2. The highest BCUT2D eigenvalue weighted by molar-refractivity contribution is 8.00. The fourth-order valence-electron chi connectivity index (χ4n) is 2.08. The lowest BCUT2D eigenvalue weighted by atomic mass is 10.2. The average Bonchev–Trinajstić information content (AvgIpc) is 2.56. The lowest BCUT2D eigenvalue weighted by Crippen LogP contribution is -2.18. The maximum absolute atomic E-state index is 13.3. The summed E-state index contributed by atoms with van der Waals surface area (Å²) in [4.78, 5) is 33.5. The van der Waals surface area contributed by atoms with Gasteiger partial charge < -0.3 is 10.6 Å². The number of carbonyl (C=O) groups is 2. The Morgan fingerprint density at radius 1 is 1.08 bits per heavy atom. The summed E-state index contributed by atoms with van der Waals surface area (Å²) in [6.07, 6.45) is 0. The van der Waals surface area contributed by atoms with Crippen LogP contribution in [0.25, 0.3) is 0 Å². The molecule has 7 nitrogen and oxygen atoms in total. The van der Waals surface area contributed by atoms with E-state index in [2.05, 4.69) is 10.6 Å². The van der Waals surface area contributed by atoms with E-state index in [9.17, 15) is 24.1 Å². The molecule has 0 saturated heterocycles. The quantitative estimate of drug-likeness (QED) is 0.569. The van der Waals surface area contributed by atoms with E-state index in [-0.39, 0.29) is 23.1 Å². The molecule has 0 spiro atoms. The summed E-state index contributed by atoms with van der Waals surface area (Å²) in [6.45, 7) is 1.91. The number of benzene rings is 2. The van der Waals surface area contributed by atoms with Gasteiger partial charge in [-0.2, -0.15) is 4.39 Å². The van der Waals surface area contributed by atoms with Crippen LogP contribution in [0.4, 0.5) is 21.5 Å². The number of nitrogens with one attached hydrogen (secondary N) is 2. The molecule has 2 aromatic carbocycles. The summed E-state index contributed by atoms with van der Waals surface area (Å²) in [6, 6.07) is 10.4. The van der Waals surface area contributed by atoms with Crippen LogP contribution in [0.15, 0.2) is 42.5 Å². The lowest BCUT2D eigenvalue weighted by Gasteiger charge is -2.07. The van der Waals surface area contributed by atoms with Gasteiger partial charge in [-0.3, -0.25) is 19.7 Å². The number of thioether (sulfide) groups is 1. The molecule has 0 fully saturated rings. The molecule has 0 aliphatic carbocycles. The van der Waals surface area contributed by atoms with Crippen molar-refractivity contribution in [3.05, 3.63) is 64.0 Å². The Kier molecular flexibility index (Phi) is 6.67. The van der Waals surface area contributed by atoms with Crippen LogP contribution in [0.5, 0.6) is 0 Å². The highest BCUT2D eigenvalue weighted by atomic mass is 32.2. The van der Waals surface area contributed by atoms with Crippen molar-refractivity contribution >= 4 is 40.6 Å². The van der Waals surface area contributed by atoms with Gasteiger partial charge in [-0.15, -0.1) is 11.8 Å². The van der Waals surface area contributed by atoms with Crippen molar-refractivity contribution in [3.8, 4) is 0 Å². The maximum Gasteiger partial charge on any atom is 0.306 e. The highest BCUT2D eigenvalue weighted by Crippen LogP contribution is 2.21. The fourth-order valence-corrected chi connectivity index (χ4v) is 2.70. The molecule has 0 heterocycles. The molecule has 0 saturated carbocycles. The first kappa shape index (κ1) is 19.4. The minimum atomic E-state index is -0.977. The van der Waals surface area contributed by atoms with Crippen molar-refractivity contribution in [2.75, 3.05) is 22.1 Å².